The number of carbonyl (C=O) groups excluding carboxylic acids is 2. The number of primary amides is 1. The number of carbonyl (C=O) groups is 2. The number of anilines is 1. The van der Waals surface area contributed by atoms with Gasteiger partial charge in [0.05, 0.1) is 17.6 Å². The van der Waals surface area contributed by atoms with Crippen molar-refractivity contribution in [3.63, 3.8) is 0 Å². The molecule has 0 saturated heterocycles. The van der Waals surface area contributed by atoms with Crippen LogP contribution in [0.1, 0.15) is 13.8 Å². The van der Waals surface area contributed by atoms with Crippen molar-refractivity contribution in [1.82, 2.24) is 5.32 Å². The van der Waals surface area contributed by atoms with E-state index in [1.807, 2.05) is 18.2 Å². The Morgan fingerprint density at radius 3 is 2.53 bits per heavy atom. The Balaban J connectivity index is 2.41. The van der Waals surface area contributed by atoms with Crippen LogP contribution in [0, 0.1) is 5.41 Å². The zero-order valence-corrected chi connectivity index (χ0v) is 12.6. The molecule has 0 heterocycles. The van der Waals surface area contributed by atoms with Crippen molar-refractivity contribution in [1.29, 1.82) is 0 Å². The molecule has 4 N–H and O–H groups in total. The molecule has 2 amide bonds. The zero-order valence-electron chi connectivity index (χ0n) is 11.0. The summed E-state index contributed by atoms with van der Waals surface area (Å²) in [6.45, 7) is 3.94. The summed E-state index contributed by atoms with van der Waals surface area (Å²) in [4.78, 5) is 22.8. The maximum Gasteiger partial charge on any atom is 0.238 e. The summed E-state index contributed by atoms with van der Waals surface area (Å²) in [5.41, 5.74) is 5.28. The van der Waals surface area contributed by atoms with Gasteiger partial charge in [-0.1, -0.05) is 12.1 Å². The molecule has 0 aliphatic heterocycles. The van der Waals surface area contributed by atoms with Crippen molar-refractivity contribution in [3.8, 4) is 0 Å². The van der Waals surface area contributed by atoms with E-state index in [0.717, 1.165) is 4.47 Å². The first-order valence-electron chi connectivity index (χ1n) is 5.88. The molecular formula is C13H18BrN3O2. The summed E-state index contributed by atoms with van der Waals surface area (Å²) in [6, 6.07) is 7.35. The second kappa shape index (κ2) is 6.68. The van der Waals surface area contributed by atoms with Gasteiger partial charge in [-0.05, 0) is 41.9 Å². The number of para-hydroxylation sites is 1. The molecule has 5 nitrogen and oxygen atoms in total. The molecule has 19 heavy (non-hydrogen) atoms. The van der Waals surface area contributed by atoms with Crippen LogP contribution in [0.15, 0.2) is 28.7 Å². The van der Waals surface area contributed by atoms with Crippen molar-refractivity contribution in [2.75, 3.05) is 18.4 Å². The van der Waals surface area contributed by atoms with Crippen LogP contribution < -0.4 is 16.4 Å². The molecule has 0 atom stereocenters. The molecule has 0 saturated carbocycles. The minimum atomic E-state index is -0.673. The van der Waals surface area contributed by atoms with Crippen LogP contribution >= 0.6 is 15.9 Å². The fourth-order valence-electron chi connectivity index (χ4n) is 1.33. The summed E-state index contributed by atoms with van der Waals surface area (Å²) in [6.07, 6.45) is 0. The van der Waals surface area contributed by atoms with E-state index in [4.69, 9.17) is 5.73 Å². The van der Waals surface area contributed by atoms with Gasteiger partial charge in [-0.15, -0.1) is 0 Å². The number of halogens is 1. The van der Waals surface area contributed by atoms with Gasteiger partial charge >= 0.3 is 0 Å². The molecule has 0 unspecified atom stereocenters. The van der Waals surface area contributed by atoms with Crippen LogP contribution in [0.3, 0.4) is 0 Å². The fraction of sp³-hybridized carbons (Fsp3) is 0.385. The molecule has 0 aromatic heterocycles. The zero-order chi connectivity index (χ0) is 14.5. The van der Waals surface area contributed by atoms with Gasteiger partial charge in [-0.2, -0.15) is 0 Å². The average molecular weight is 328 g/mol. The average Bonchev–Trinajstić information content (AvgIpc) is 2.31. The molecule has 0 aliphatic carbocycles. The molecule has 0 radical (unpaired) electrons. The van der Waals surface area contributed by atoms with Gasteiger partial charge in [0.2, 0.25) is 11.8 Å². The lowest BCUT2D eigenvalue weighted by Crippen LogP contribution is -2.42. The minimum Gasteiger partial charge on any atom is -0.369 e. The molecule has 1 rings (SSSR count). The Hall–Kier alpha value is -1.40. The van der Waals surface area contributed by atoms with Crippen LogP contribution in [-0.2, 0) is 9.59 Å². The topological polar surface area (TPSA) is 84.2 Å². The van der Waals surface area contributed by atoms with Crippen molar-refractivity contribution < 1.29 is 9.59 Å². The van der Waals surface area contributed by atoms with Gasteiger partial charge in [0.1, 0.15) is 0 Å². The first-order valence-corrected chi connectivity index (χ1v) is 6.67. The van der Waals surface area contributed by atoms with Gasteiger partial charge < -0.3 is 16.4 Å². The van der Waals surface area contributed by atoms with E-state index in [2.05, 4.69) is 26.6 Å². The summed E-state index contributed by atoms with van der Waals surface area (Å²) in [5.74, 6) is -0.571. The van der Waals surface area contributed by atoms with Gasteiger partial charge in [0.25, 0.3) is 0 Å². The standard InChI is InChI=1S/C13H18BrN3O2/c1-13(2,12(15)19)8-16-7-11(18)17-10-6-4-3-5-9(10)14/h3-6,16H,7-8H2,1-2H3,(H2,15,19)(H,17,18). The SMILES string of the molecule is CC(C)(CNCC(=O)Nc1ccccc1Br)C(N)=O. The molecule has 1 aromatic carbocycles. The highest BCUT2D eigenvalue weighted by atomic mass is 79.9. The second-order valence-electron chi connectivity index (χ2n) is 4.88. The van der Waals surface area contributed by atoms with Crippen LogP contribution in [0.2, 0.25) is 0 Å². The lowest BCUT2D eigenvalue weighted by molar-refractivity contribution is -0.126. The van der Waals surface area contributed by atoms with Crippen LogP contribution in [-0.4, -0.2) is 24.9 Å². The van der Waals surface area contributed by atoms with E-state index in [-0.39, 0.29) is 12.5 Å². The van der Waals surface area contributed by atoms with Crippen molar-refractivity contribution >= 4 is 33.4 Å². The molecule has 0 aliphatic rings. The second-order valence-corrected chi connectivity index (χ2v) is 5.73. The fourth-order valence-corrected chi connectivity index (χ4v) is 1.72. The van der Waals surface area contributed by atoms with Crippen LogP contribution in [0.4, 0.5) is 5.69 Å². The van der Waals surface area contributed by atoms with E-state index < -0.39 is 11.3 Å². The normalized spacial score (nSPS) is 11.1. The van der Waals surface area contributed by atoms with Crippen molar-refractivity contribution in [2.24, 2.45) is 11.1 Å². The summed E-state index contributed by atoms with van der Waals surface area (Å²) in [7, 11) is 0. The Morgan fingerprint density at radius 2 is 1.95 bits per heavy atom. The third kappa shape index (κ3) is 5.00. The quantitative estimate of drug-likeness (QED) is 0.740. The number of benzene rings is 1. The minimum absolute atomic E-state index is 0.123. The monoisotopic (exact) mass is 327 g/mol. The van der Waals surface area contributed by atoms with E-state index in [1.54, 1.807) is 19.9 Å². The molecule has 0 bridgehead atoms. The van der Waals surface area contributed by atoms with Crippen LogP contribution in [0.25, 0.3) is 0 Å². The molecule has 0 fully saturated rings. The third-order valence-electron chi connectivity index (χ3n) is 2.67. The highest BCUT2D eigenvalue weighted by Gasteiger charge is 2.24. The smallest absolute Gasteiger partial charge is 0.238 e. The highest BCUT2D eigenvalue weighted by molar-refractivity contribution is 9.10. The predicted octanol–water partition coefficient (Wildman–Crippen LogP) is 1.49. The predicted molar refractivity (Wildman–Crippen MR) is 78.6 cm³/mol. The maximum absolute atomic E-state index is 11.7. The van der Waals surface area contributed by atoms with Crippen molar-refractivity contribution in [2.45, 2.75) is 13.8 Å². The Labute approximate surface area is 121 Å². The Morgan fingerprint density at radius 1 is 1.32 bits per heavy atom. The molecule has 104 valence electrons. The summed E-state index contributed by atoms with van der Waals surface area (Å²) in [5, 5.41) is 5.68. The largest absolute Gasteiger partial charge is 0.369 e. The first-order chi connectivity index (χ1) is 8.83. The van der Waals surface area contributed by atoms with E-state index in [9.17, 15) is 9.59 Å². The summed E-state index contributed by atoms with van der Waals surface area (Å²) < 4.78 is 0.820. The highest BCUT2D eigenvalue weighted by Crippen LogP contribution is 2.20. The van der Waals surface area contributed by atoms with E-state index in [0.29, 0.717) is 12.2 Å². The Bertz CT molecular complexity index is 475. The van der Waals surface area contributed by atoms with Gasteiger partial charge in [0, 0.05) is 11.0 Å². The molecule has 0 spiro atoms. The number of rotatable bonds is 6. The van der Waals surface area contributed by atoms with Gasteiger partial charge in [-0.3, -0.25) is 9.59 Å². The number of nitrogens with two attached hydrogens (primary N) is 1. The lowest BCUT2D eigenvalue weighted by atomic mass is 9.93. The number of hydrogen-bond acceptors (Lipinski definition) is 3. The van der Waals surface area contributed by atoms with E-state index >= 15 is 0 Å². The Kier molecular flexibility index (Phi) is 5.50. The maximum atomic E-state index is 11.7. The third-order valence-corrected chi connectivity index (χ3v) is 3.36. The van der Waals surface area contributed by atoms with Crippen molar-refractivity contribution in [3.05, 3.63) is 28.7 Å². The van der Waals surface area contributed by atoms with Gasteiger partial charge in [0.15, 0.2) is 0 Å². The number of amides is 2. The first kappa shape index (κ1) is 15.7. The number of hydrogen-bond donors (Lipinski definition) is 3. The van der Waals surface area contributed by atoms with Crippen LogP contribution in [0.5, 0.6) is 0 Å². The lowest BCUT2D eigenvalue weighted by Gasteiger charge is -2.20. The molecular weight excluding hydrogens is 310 g/mol. The summed E-state index contributed by atoms with van der Waals surface area (Å²) >= 11 is 3.35. The molecule has 1 aromatic rings. The number of nitrogens with one attached hydrogen (secondary N) is 2. The van der Waals surface area contributed by atoms with Gasteiger partial charge in [-0.25, -0.2) is 0 Å². The molecule has 6 heteroatoms. The van der Waals surface area contributed by atoms with E-state index in [1.165, 1.54) is 0 Å².